The molecule has 0 heterocycles. The molecule has 0 aromatic heterocycles. The Morgan fingerprint density at radius 1 is 1.50 bits per heavy atom. The van der Waals surface area contributed by atoms with Crippen molar-refractivity contribution in [2.45, 2.75) is 12.2 Å². The van der Waals surface area contributed by atoms with E-state index in [0.29, 0.717) is 0 Å². The van der Waals surface area contributed by atoms with E-state index in [2.05, 4.69) is 11.5 Å². The molecule has 1 unspecified atom stereocenters. The van der Waals surface area contributed by atoms with Gasteiger partial charge in [0.1, 0.15) is 0 Å². The molecule has 0 spiro atoms. The van der Waals surface area contributed by atoms with Crippen LogP contribution in [0.1, 0.15) is 0 Å². The maximum absolute atomic E-state index is 11.9. The first-order valence-corrected chi connectivity index (χ1v) is 1.95. The molecule has 0 saturated heterocycles. The van der Waals surface area contributed by atoms with Gasteiger partial charge in [-0.05, 0) is 0 Å². The topological polar surface area (TPSA) is 69.1 Å². The van der Waals surface area contributed by atoms with Crippen molar-refractivity contribution in [2.75, 3.05) is 0 Å². The zero-order valence-electron chi connectivity index (χ0n) is 4.68. The molecular formula is C3H6ClF3N2O. The molecule has 0 aliphatic rings. The highest BCUT2D eigenvalue weighted by molar-refractivity contribution is 5.85. The van der Waals surface area contributed by atoms with Crippen molar-refractivity contribution in [3.05, 3.63) is 0 Å². The highest BCUT2D eigenvalue weighted by atomic mass is 35.5. The molecule has 0 aromatic carbocycles. The van der Waals surface area contributed by atoms with Crippen molar-refractivity contribution in [1.29, 1.82) is 0 Å². The van der Waals surface area contributed by atoms with Crippen LogP contribution in [0.3, 0.4) is 0 Å². The van der Waals surface area contributed by atoms with Gasteiger partial charge in [-0.3, -0.25) is 10.5 Å². The number of carbonyl (C=O) groups excluding carboxylic acids is 1. The first-order valence-electron chi connectivity index (χ1n) is 1.95. The summed E-state index contributed by atoms with van der Waals surface area (Å²) in [5.41, 5.74) is 8.26. The Morgan fingerprint density at radius 2 is 1.80 bits per heavy atom. The Morgan fingerprint density at radius 3 is 1.80 bits per heavy atom. The highest BCUT2D eigenvalue weighted by Crippen LogP contribution is 2.12. The standard InChI is InChI=1S/C3H5F3N2O.ClH/c4-1(5)3(6,8)2(7)9;/h1H,8H2,(H2,7,9);1H. The smallest absolute Gasteiger partial charge is 0.298 e. The number of alkyl halides is 3. The number of hydrogen-bond acceptors (Lipinski definition) is 2. The quantitative estimate of drug-likeness (QED) is 0.574. The zero-order chi connectivity index (χ0) is 7.65. The monoisotopic (exact) mass is 178 g/mol. The summed E-state index contributed by atoms with van der Waals surface area (Å²) in [6.45, 7) is 0. The Labute approximate surface area is 61.0 Å². The third-order valence-corrected chi connectivity index (χ3v) is 0.695. The maximum atomic E-state index is 11.9. The zero-order valence-corrected chi connectivity index (χ0v) is 5.50. The summed E-state index contributed by atoms with van der Waals surface area (Å²) in [7, 11) is 0. The van der Waals surface area contributed by atoms with Gasteiger partial charge in [0.05, 0.1) is 0 Å². The van der Waals surface area contributed by atoms with Gasteiger partial charge in [-0.25, -0.2) is 13.2 Å². The number of primary amides is 1. The van der Waals surface area contributed by atoms with Crippen molar-refractivity contribution in [3.8, 4) is 0 Å². The summed E-state index contributed by atoms with van der Waals surface area (Å²) in [6.07, 6.45) is -3.57. The molecule has 0 aliphatic heterocycles. The summed E-state index contributed by atoms with van der Waals surface area (Å²) < 4.78 is 34.4. The molecular weight excluding hydrogens is 172 g/mol. The van der Waals surface area contributed by atoms with Crippen LogP contribution in [0.2, 0.25) is 0 Å². The van der Waals surface area contributed by atoms with Crippen molar-refractivity contribution in [3.63, 3.8) is 0 Å². The molecule has 1 atom stereocenters. The Hall–Kier alpha value is -0.490. The van der Waals surface area contributed by atoms with Crippen LogP contribution in [0.4, 0.5) is 13.2 Å². The molecule has 0 radical (unpaired) electrons. The Kier molecular flexibility index (Phi) is 4.42. The van der Waals surface area contributed by atoms with E-state index in [9.17, 15) is 18.0 Å². The minimum Gasteiger partial charge on any atom is -0.365 e. The molecule has 10 heavy (non-hydrogen) atoms. The molecule has 0 rings (SSSR count). The molecule has 0 bridgehead atoms. The predicted octanol–water partition coefficient (Wildman–Crippen LogP) is -0.217. The lowest BCUT2D eigenvalue weighted by Gasteiger charge is -2.13. The number of carbonyl (C=O) groups is 1. The number of amides is 1. The van der Waals surface area contributed by atoms with E-state index in [1.165, 1.54) is 0 Å². The predicted molar refractivity (Wildman–Crippen MR) is 30.5 cm³/mol. The van der Waals surface area contributed by atoms with Crippen molar-refractivity contribution >= 4 is 18.3 Å². The van der Waals surface area contributed by atoms with E-state index in [1.54, 1.807) is 0 Å². The third kappa shape index (κ3) is 2.40. The van der Waals surface area contributed by atoms with Gasteiger partial charge in [-0.2, -0.15) is 0 Å². The molecule has 0 aliphatic carbocycles. The molecule has 4 N–H and O–H groups in total. The fourth-order valence-electron chi connectivity index (χ4n) is 0.108. The molecule has 1 amide bonds. The van der Waals surface area contributed by atoms with E-state index in [-0.39, 0.29) is 12.4 Å². The molecule has 62 valence electrons. The fourth-order valence-corrected chi connectivity index (χ4v) is 0.108. The third-order valence-electron chi connectivity index (χ3n) is 0.695. The number of rotatable bonds is 2. The second-order valence-corrected chi connectivity index (χ2v) is 1.43. The summed E-state index contributed by atoms with van der Waals surface area (Å²) >= 11 is 0. The number of hydrogen-bond donors (Lipinski definition) is 2. The number of nitrogens with two attached hydrogens (primary N) is 2. The number of halogens is 4. The largest absolute Gasteiger partial charge is 0.365 e. The second kappa shape index (κ2) is 3.62. The average Bonchev–Trinajstić information content (AvgIpc) is 1.65. The fraction of sp³-hybridized carbons (Fsp3) is 0.667. The first-order chi connectivity index (χ1) is 3.89. The minimum atomic E-state index is -3.69. The average molecular weight is 179 g/mol. The van der Waals surface area contributed by atoms with Crippen LogP contribution < -0.4 is 11.5 Å². The lowest BCUT2D eigenvalue weighted by Crippen LogP contribution is -2.53. The highest BCUT2D eigenvalue weighted by Gasteiger charge is 2.42. The van der Waals surface area contributed by atoms with Crippen molar-refractivity contribution in [1.82, 2.24) is 0 Å². The second-order valence-electron chi connectivity index (χ2n) is 1.43. The van der Waals surface area contributed by atoms with Gasteiger partial charge < -0.3 is 5.73 Å². The van der Waals surface area contributed by atoms with Crippen LogP contribution in [0.25, 0.3) is 0 Å². The van der Waals surface area contributed by atoms with Gasteiger partial charge in [0, 0.05) is 0 Å². The Balaban J connectivity index is 0. The molecule has 0 saturated carbocycles. The summed E-state index contributed by atoms with van der Waals surface area (Å²) in [4.78, 5) is 9.70. The van der Waals surface area contributed by atoms with Crippen molar-refractivity contribution in [2.24, 2.45) is 11.5 Å². The van der Waals surface area contributed by atoms with Gasteiger partial charge in [0.2, 0.25) is 0 Å². The van der Waals surface area contributed by atoms with Crippen LogP contribution in [-0.4, -0.2) is 18.1 Å². The van der Waals surface area contributed by atoms with Crippen LogP contribution in [0.5, 0.6) is 0 Å². The van der Waals surface area contributed by atoms with Crippen LogP contribution in [0, 0.1) is 0 Å². The Bertz CT molecular complexity index is 129. The normalized spacial score (nSPS) is 15.7. The lowest BCUT2D eigenvalue weighted by molar-refractivity contribution is -0.139. The summed E-state index contributed by atoms with van der Waals surface area (Å²) in [5.74, 6) is -5.56. The van der Waals surface area contributed by atoms with Gasteiger partial charge in [-0.15, -0.1) is 12.4 Å². The van der Waals surface area contributed by atoms with E-state index < -0.39 is 18.1 Å². The minimum absolute atomic E-state index is 0. The summed E-state index contributed by atoms with van der Waals surface area (Å²) in [5, 5.41) is 0. The van der Waals surface area contributed by atoms with Gasteiger partial charge in [0.25, 0.3) is 18.1 Å². The van der Waals surface area contributed by atoms with Crippen LogP contribution in [0.15, 0.2) is 0 Å². The van der Waals surface area contributed by atoms with Gasteiger partial charge >= 0.3 is 0 Å². The van der Waals surface area contributed by atoms with Crippen LogP contribution >= 0.6 is 12.4 Å². The van der Waals surface area contributed by atoms with Crippen molar-refractivity contribution < 1.29 is 18.0 Å². The van der Waals surface area contributed by atoms with E-state index in [1.807, 2.05) is 0 Å². The van der Waals surface area contributed by atoms with Gasteiger partial charge in [-0.1, -0.05) is 0 Å². The lowest BCUT2D eigenvalue weighted by atomic mass is 10.3. The van der Waals surface area contributed by atoms with Crippen LogP contribution in [-0.2, 0) is 4.79 Å². The molecule has 0 aromatic rings. The SMILES string of the molecule is Cl.NC(=O)C(N)(F)C(F)F. The van der Waals surface area contributed by atoms with Gasteiger partial charge in [0.15, 0.2) is 0 Å². The summed E-state index contributed by atoms with van der Waals surface area (Å²) in [6, 6.07) is 0. The van der Waals surface area contributed by atoms with E-state index in [0.717, 1.165) is 0 Å². The molecule has 7 heteroatoms. The first kappa shape index (κ1) is 12.2. The molecule has 0 fully saturated rings. The molecule has 3 nitrogen and oxygen atoms in total. The van der Waals surface area contributed by atoms with E-state index >= 15 is 0 Å². The maximum Gasteiger partial charge on any atom is 0.298 e. The van der Waals surface area contributed by atoms with E-state index in [4.69, 9.17) is 0 Å².